The van der Waals surface area contributed by atoms with Gasteiger partial charge in [-0.05, 0) is 70.9 Å². The highest BCUT2D eigenvalue weighted by Crippen LogP contribution is 2.37. The van der Waals surface area contributed by atoms with Crippen molar-refractivity contribution in [2.75, 3.05) is 25.6 Å². The van der Waals surface area contributed by atoms with Crippen LogP contribution in [0.15, 0.2) is 46.4 Å². The zero-order valence-electron chi connectivity index (χ0n) is 17.2. The summed E-state index contributed by atoms with van der Waals surface area (Å²) in [4.78, 5) is 34.8. The zero-order valence-corrected chi connectivity index (χ0v) is 18.8. The number of nitrogens with one attached hydrogen (secondary N) is 1. The van der Waals surface area contributed by atoms with Gasteiger partial charge in [-0.3, -0.25) is 4.79 Å². The van der Waals surface area contributed by atoms with Gasteiger partial charge < -0.3 is 24.6 Å². The molecule has 32 heavy (non-hydrogen) atoms. The first-order chi connectivity index (χ1) is 15.3. The number of anilines is 1. The molecule has 10 heteroatoms. The highest BCUT2D eigenvalue weighted by Gasteiger charge is 2.16. The standard InChI is InChI=1S/C22H19BrN2O7/c1-3-31-18-10-13(9-17(23)20(18)32-12-19(26)27)8-15(11-24)21(28)25-16-6-4-14(5-7-16)22(29)30-2/h4-10H,3,12H2,1-2H3,(H,25,28)(H,26,27)/b15-8+. The van der Waals surface area contributed by atoms with Crippen LogP contribution in [0.1, 0.15) is 22.8 Å². The second-order valence-electron chi connectivity index (χ2n) is 6.14. The van der Waals surface area contributed by atoms with E-state index in [9.17, 15) is 19.6 Å². The third-order valence-electron chi connectivity index (χ3n) is 3.91. The molecule has 1 amide bonds. The molecular weight excluding hydrogens is 484 g/mol. The minimum atomic E-state index is -1.15. The molecule has 0 spiro atoms. The van der Waals surface area contributed by atoms with Gasteiger partial charge >= 0.3 is 11.9 Å². The van der Waals surface area contributed by atoms with Crippen LogP contribution < -0.4 is 14.8 Å². The van der Waals surface area contributed by atoms with E-state index >= 15 is 0 Å². The molecule has 2 N–H and O–H groups in total. The van der Waals surface area contributed by atoms with Gasteiger partial charge in [-0.15, -0.1) is 0 Å². The van der Waals surface area contributed by atoms with Gasteiger partial charge in [-0.25, -0.2) is 9.59 Å². The van der Waals surface area contributed by atoms with Crippen LogP contribution in [0.2, 0.25) is 0 Å². The van der Waals surface area contributed by atoms with Gasteiger partial charge in [0.25, 0.3) is 5.91 Å². The second-order valence-corrected chi connectivity index (χ2v) is 6.99. The highest BCUT2D eigenvalue weighted by atomic mass is 79.9. The molecule has 0 atom stereocenters. The van der Waals surface area contributed by atoms with Crippen molar-refractivity contribution in [2.45, 2.75) is 6.92 Å². The Balaban J connectivity index is 2.27. The fourth-order valence-corrected chi connectivity index (χ4v) is 3.10. The number of carboxylic acids is 1. The Bertz CT molecular complexity index is 1090. The van der Waals surface area contributed by atoms with Crippen LogP contribution in [0.3, 0.4) is 0 Å². The predicted octanol–water partition coefficient (Wildman–Crippen LogP) is 3.64. The average Bonchev–Trinajstić information content (AvgIpc) is 2.76. The van der Waals surface area contributed by atoms with E-state index in [1.165, 1.54) is 43.5 Å². The van der Waals surface area contributed by atoms with Gasteiger partial charge in [0.15, 0.2) is 18.1 Å². The van der Waals surface area contributed by atoms with Crippen molar-refractivity contribution in [3.8, 4) is 17.6 Å². The summed E-state index contributed by atoms with van der Waals surface area (Å²) in [6.45, 7) is 1.47. The summed E-state index contributed by atoms with van der Waals surface area (Å²) in [7, 11) is 1.27. The summed E-state index contributed by atoms with van der Waals surface area (Å²) in [5.74, 6) is -1.86. The summed E-state index contributed by atoms with van der Waals surface area (Å²) in [5, 5.41) is 20.9. The second kappa shape index (κ2) is 11.5. The number of esters is 1. The lowest BCUT2D eigenvalue weighted by Gasteiger charge is -2.13. The number of carboxylic acid groups (broad SMARTS) is 1. The molecule has 2 aromatic rings. The number of methoxy groups -OCH3 is 1. The van der Waals surface area contributed by atoms with Crippen molar-refractivity contribution in [1.82, 2.24) is 0 Å². The predicted molar refractivity (Wildman–Crippen MR) is 118 cm³/mol. The first kappa shape index (κ1) is 24.4. The maximum Gasteiger partial charge on any atom is 0.341 e. The molecule has 0 fully saturated rings. The SMILES string of the molecule is CCOc1cc(/C=C(\C#N)C(=O)Nc2ccc(C(=O)OC)cc2)cc(Br)c1OCC(=O)O. The number of amides is 1. The number of rotatable bonds is 9. The molecule has 0 heterocycles. The van der Waals surface area contributed by atoms with E-state index in [1.807, 2.05) is 6.07 Å². The Morgan fingerprint density at radius 2 is 1.88 bits per heavy atom. The van der Waals surface area contributed by atoms with Crippen LogP contribution in [0, 0.1) is 11.3 Å². The number of halogens is 1. The van der Waals surface area contributed by atoms with Crippen molar-refractivity contribution in [3.63, 3.8) is 0 Å². The van der Waals surface area contributed by atoms with Crippen molar-refractivity contribution in [2.24, 2.45) is 0 Å². The maximum absolute atomic E-state index is 12.5. The number of carbonyl (C=O) groups excluding carboxylic acids is 2. The Hall–Kier alpha value is -3.84. The third kappa shape index (κ3) is 6.58. The van der Waals surface area contributed by atoms with Crippen molar-refractivity contribution in [3.05, 3.63) is 57.6 Å². The molecule has 0 bridgehead atoms. The summed E-state index contributed by atoms with van der Waals surface area (Å²) in [6, 6.07) is 10.9. The van der Waals surface area contributed by atoms with Crippen LogP contribution in [-0.4, -0.2) is 43.3 Å². The average molecular weight is 503 g/mol. The lowest BCUT2D eigenvalue weighted by molar-refractivity contribution is -0.139. The van der Waals surface area contributed by atoms with Gasteiger partial charge in [0, 0.05) is 5.69 Å². The first-order valence-electron chi connectivity index (χ1n) is 9.21. The Morgan fingerprint density at radius 3 is 2.44 bits per heavy atom. The minimum absolute atomic E-state index is 0.185. The number of hydrogen-bond donors (Lipinski definition) is 2. The number of nitrogens with zero attached hydrogens (tertiary/aromatic N) is 1. The molecule has 2 rings (SSSR count). The summed E-state index contributed by atoms with van der Waals surface area (Å²) in [5.41, 5.74) is 0.976. The van der Waals surface area contributed by atoms with Gasteiger partial charge in [0.05, 0.1) is 23.8 Å². The molecule has 166 valence electrons. The molecule has 0 aliphatic heterocycles. The molecule has 0 unspecified atom stereocenters. The van der Waals surface area contributed by atoms with Gasteiger partial charge in [-0.2, -0.15) is 5.26 Å². The van der Waals surface area contributed by atoms with E-state index in [2.05, 4.69) is 26.0 Å². The highest BCUT2D eigenvalue weighted by molar-refractivity contribution is 9.10. The summed E-state index contributed by atoms with van der Waals surface area (Å²) >= 11 is 3.30. The van der Waals surface area contributed by atoms with Crippen LogP contribution in [0.25, 0.3) is 6.08 Å². The van der Waals surface area contributed by atoms with Crippen molar-refractivity contribution >= 4 is 45.5 Å². The molecule has 0 saturated heterocycles. The Labute approximate surface area is 192 Å². The van der Waals surface area contributed by atoms with E-state index in [0.29, 0.717) is 21.3 Å². The fraction of sp³-hybridized carbons (Fsp3) is 0.182. The van der Waals surface area contributed by atoms with Crippen molar-refractivity contribution in [1.29, 1.82) is 5.26 Å². The number of hydrogen-bond acceptors (Lipinski definition) is 7. The first-order valence-corrected chi connectivity index (χ1v) is 10.0. The third-order valence-corrected chi connectivity index (χ3v) is 4.50. The van der Waals surface area contributed by atoms with Crippen LogP contribution in [0.5, 0.6) is 11.5 Å². The normalized spacial score (nSPS) is 10.6. The van der Waals surface area contributed by atoms with Gasteiger partial charge in [0.2, 0.25) is 0 Å². The van der Waals surface area contributed by atoms with E-state index in [-0.39, 0.29) is 23.7 Å². The number of aliphatic carboxylic acids is 1. The molecular formula is C22H19BrN2O7. The fourth-order valence-electron chi connectivity index (χ4n) is 2.53. The lowest BCUT2D eigenvalue weighted by atomic mass is 10.1. The van der Waals surface area contributed by atoms with Gasteiger partial charge in [-0.1, -0.05) is 0 Å². The number of carbonyl (C=O) groups is 3. The quantitative estimate of drug-likeness (QED) is 0.301. The van der Waals surface area contributed by atoms with Crippen LogP contribution >= 0.6 is 15.9 Å². The molecule has 2 aromatic carbocycles. The van der Waals surface area contributed by atoms with E-state index in [4.69, 9.17) is 14.6 Å². The summed E-state index contributed by atoms with van der Waals surface area (Å²) < 4.78 is 15.8. The monoisotopic (exact) mass is 502 g/mol. The number of ether oxygens (including phenoxy) is 3. The lowest BCUT2D eigenvalue weighted by Crippen LogP contribution is -2.13. The van der Waals surface area contributed by atoms with Crippen LogP contribution in [0.4, 0.5) is 5.69 Å². The number of benzene rings is 2. The molecule has 0 aliphatic carbocycles. The van der Waals surface area contributed by atoms with E-state index in [0.717, 1.165) is 0 Å². The maximum atomic E-state index is 12.5. The van der Waals surface area contributed by atoms with Crippen LogP contribution in [-0.2, 0) is 14.3 Å². The number of nitriles is 1. The Morgan fingerprint density at radius 1 is 1.19 bits per heavy atom. The minimum Gasteiger partial charge on any atom is -0.490 e. The molecule has 0 aromatic heterocycles. The van der Waals surface area contributed by atoms with E-state index in [1.54, 1.807) is 13.0 Å². The zero-order chi connectivity index (χ0) is 23.7. The van der Waals surface area contributed by atoms with Crippen molar-refractivity contribution < 1.29 is 33.7 Å². The molecule has 0 radical (unpaired) electrons. The van der Waals surface area contributed by atoms with E-state index < -0.39 is 24.5 Å². The van der Waals surface area contributed by atoms with Gasteiger partial charge in [0.1, 0.15) is 11.6 Å². The summed E-state index contributed by atoms with van der Waals surface area (Å²) in [6.07, 6.45) is 1.35. The Kier molecular flexibility index (Phi) is 8.80. The molecule has 0 aliphatic rings. The smallest absolute Gasteiger partial charge is 0.341 e. The largest absolute Gasteiger partial charge is 0.490 e. The molecule has 0 saturated carbocycles. The molecule has 9 nitrogen and oxygen atoms in total. The topological polar surface area (TPSA) is 135 Å².